The third-order valence-electron chi connectivity index (χ3n) is 5.88. The van der Waals surface area contributed by atoms with Crippen LogP contribution in [0.15, 0.2) is 78.9 Å². The highest BCUT2D eigenvalue weighted by molar-refractivity contribution is 6.06. The number of ether oxygens (including phenoxy) is 2. The smallest absolute Gasteiger partial charge is 0.339 e. The first kappa shape index (κ1) is 24.9. The van der Waals surface area contributed by atoms with E-state index >= 15 is 0 Å². The Morgan fingerprint density at radius 1 is 0.889 bits per heavy atom. The molecule has 0 aliphatic heterocycles. The van der Waals surface area contributed by atoms with Crippen molar-refractivity contribution in [2.45, 2.75) is 46.1 Å². The van der Waals surface area contributed by atoms with Crippen LogP contribution in [0.4, 0.5) is 5.69 Å². The zero-order chi connectivity index (χ0) is 25.5. The Labute approximate surface area is 211 Å². The molecular formula is C30H30N2O4. The molecule has 4 rings (SSSR count). The molecule has 184 valence electrons. The minimum Gasteiger partial charge on any atom is -0.457 e. The Bertz CT molecular complexity index is 1350. The Morgan fingerprint density at radius 2 is 1.56 bits per heavy atom. The first-order valence-corrected chi connectivity index (χ1v) is 12.3. The first-order valence-electron chi connectivity index (χ1n) is 12.3. The van der Waals surface area contributed by atoms with Gasteiger partial charge in [-0.3, -0.25) is 9.78 Å². The zero-order valence-corrected chi connectivity index (χ0v) is 20.8. The number of benzene rings is 3. The van der Waals surface area contributed by atoms with Crippen LogP contribution in [0.25, 0.3) is 10.9 Å². The third-order valence-corrected chi connectivity index (χ3v) is 5.88. The summed E-state index contributed by atoms with van der Waals surface area (Å²) in [7, 11) is 0. The molecule has 1 amide bonds. The van der Waals surface area contributed by atoms with Crippen LogP contribution in [0.5, 0.6) is 11.5 Å². The Balaban J connectivity index is 1.47. The number of aryl methyl sites for hydroxylation is 1. The Hall–Kier alpha value is -4.19. The predicted molar refractivity (Wildman–Crippen MR) is 142 cm³/mol. The number of esters is 1. The lowest BCUT2D eigenvalue weighted by molar-refractivity contribution is -0.123. The summed E-state index contributed by atoms with van der Waals surface area (Å²) in [6.45, 7) is 5.66. The standard InChI is InChI=1S/C30H30N2O4/c1-4-11-26-24(5-2)28(25-14-9-10-15-27(25)32-26)30(34)35-20(3)29(33)31-21-16-18-23(19-17-21)36-22-12-7-6-8-13-22/h6-10,12-20H,4-5,11H2,1-3H3,(H,31,33). The number of hydrogen-bond donors (Lipinski definition) is 1. The molecule has 6 nitrogen and oxygen atoms in total. The summed E-state index contributed by atoms with van der Waals surface area (Å²) < 4.78 is 11.4. The molecule has 0 fully saturated rings. The summed E-state index contributed by atoms with van der Waals surface area (Å²) in [5.41, 5.74) is 3.61. The van der Waals surface area contributed by atoms with Gasteiger partial charge in [0.15, 0.2) is 6.10 Å². The monoisotopic (exact) mass is 482 g/mol. The lowest BCUT2D eigenvalue weighted by atomic mass is 9.96. The predicted octanol–water partition coefficient (Wildman–Crippen LogP) is 6.73. The fourth-order valence-corrected chi connectivity index (χ4v) is 4.11. The van der Waals surface area contributed by atoms with Crippen molar-refractivity contribution in [2.24, 2.45) is 0 Å². The van der Waals surface area contributed by atoms with Gasteiger partial charge in [-0.1, -0.05) is 56.7 Å². The van der Waals surface area contributed by atoms with Gasteiger partial charge in [0.05, 0.1) is 11.1 Å². The van der Waals surface area contributed by atoms with Gasteiger partial charge in [-0.15, -0.1) is 0 Å². The number of rotatable bonds is 9. The highest BCUT2D eigenvalue weighted by atomic mass is 16.5. The second-order valence-electron chi connectivity index (χ2n) is 8.51. The second-order valence-corrected chi connectivity index (χ2v) is 8.51. The highest BCUT2D eigenvalue weighted by Crippen LogP contribution is 2.27. The molecule has 0 spiro atoms. The molecule has 0 bridgehead atoms. The average Bonchev–Trinajstić information content (AvgIpc) is 2.89. The maximum Gasteiger partial charge on any atom is 0.339 e. The molecule has 0 saturated carbocycles. The molecule has 4 aromatic rings. The zero-order valence-electron chi connectivity index (χ0n) is 20.8. The summed E-state index contributed by atoms with van der Waals surface area (Å²) in [4.78, 5) is 30.9. The van der Waals surface area contributed by atoms with Crippen LogP contribution in [0.1, 0.15) is 48.8 Å². The van der Waals surface area contributed by atoms with Gasteiger partial charge in [0.25, 0.3) is 5.91 Å². The van der Waals surface area contributed by atoms with E-state index < -0.39 is 18.0 Å². The minimum absolute atomic E-state index is 0.412. The van der Waals surface area contributed by atoms with Crippen molar-refractivity contribution >= 4 is 28.5 Å². The van der Waals surface area contributed by atoms with Gasteiger partial charge < -0.3 is 14.8 Å². The Kier molecular flexibility index (Phi) is 7.95. The minimum atomic E-state index is -0.982. The first-order chi connectivity index (χ1) is 17.5. The maximum absolute atomic E-state index is 13.3. The van der Waals surface area contributed by atoms with E-state index in [1.54, 1.807) is 31.2 Å². The van der Waals surface area contributed by atoms with Crippen LogP contribution in [-0.4, -0.2) is 23.0 Å². The lowest BCUT2D eigenvalue weighted by Crippen LogP contribution is -2.30. The van der Waals surface area contributed by atoms with E-state index in [4.69, 9.17) is 14.5 Å². The quantitative estimate of drug-likeness (QED) is 0.268. The highest BCUT2D eigenvalue weighted by Gasteiger charge is 2.24. The van der Waals surface area contributed by atoms with Crippen molar-refractivity contribution in [1.29, 1.82) is 0 Å². The van der Waals surface area contributed by atoms with Gasteiger partial charge in [-0.05, 0) is 67.8 Å². The van der Waals surface area contributed by atoms with E-state index in [1.807, 2.05) is 61.5 Å². The molecule has 1 unspecified atom stereocenters. The van der Waals surface area contributed by atoms with E-state index in [0.717, 1.165) is 40.8 Å². The largest absolute Gasteiger partial charge is 0.457 e. The summed E-state index contributed by atoms with van der Waals surface area (Å²) >= 11 is 0. The molecular weight excluding hydrogens is 452 g/mol. The van der Waals surface area contributed by atoms with Gasteiger partial charge in [-0.25, -0.2) is 4.79 Å². The molecule has 1 N–H and O–H groups in total. The molecule has 0 radical (unpaired) electrons. The molecule has 36 heavy (non-hydrogen) atoms. The number of fused-ring (bicyclic) bond motifs is 1. The van der Waals surface area contributed by atoms with Crippen LogP contribution < -0.4 is 10.1 Å². The number of nitrogens with one attached hydrogen (secondary N) is 1. The molecule has 1 atom stereocenters. The number of para-hydroxylation sites is 2. The summed E-state index contributed by atoms with van der Waals surface area (Å²) in [5, 5.41) is 3.54. The molecule has 0 saturated heterocycles. The number of pyridine rings is 1. The molecule has 0 aliphatic carbocycles. The SMILES string of the molecule is CCCc1nc2ccccc2c(C(=O)OC(C)C(=O)Nc2ccc(Oc3ccccc3)cc2)c1CC. The number of carbonyl (C=O) groups excluding carboxylic acids is 2. The number of anilines is 1. The van der Waals surface area contributed by atoms with Crippen molar-refractivity contribution in [2.75, 3.05) is 5.32 Å². The van der Waals surface area contributed by atoms with E-state index in [1.165, 1.54) is 0 Å². The third kappa shape index (κ3) is 5.71. The number of carbonyl (C=O) groups is 2. The number of nitrogens with zero attached hydrogens (tertiary/aromatic N) is 1. The Morgan fingerprint density at radius 3 is 2.25 bits per heavy atom. The molecule has 3 aromatic carbocycles. The number of hydrogen-bond acceptors (Lipinski definition) is 5. The molecule has 0 aliphatic rings. The average molecular weight is 483 g/mol. The van der Waals surface area contributed by atoms with Crippen LogP contribution in [0.3, 0.4) is 0 Å². The summed E-state index contributed by atoms with van der Waals surface area (Å²) in [6.07, 6.45) is 1.36. The van der Waals surface area contributed by atoms with Crippen LogP contribution in [-0.2, 0) is 22.4 Å². The van der Waals surface area contributed by atoms with E-state index in [0.29, 0.717) is 23.4 Å². The van der Waals surface area contributed by atoms with Crippen molar-refractivity contribution < 1.29 is 19.1 Å². The summed E-state index contributed by atoms with van der Waals surface area (Å²) in [6, 6.07) is 24.0. The normalized spacial score (nSPS) is 11.6. The topological polar surface area (TPSA) is 77.5 Å². The van der Waals surface area contributed by atoms with Crippen molar-refractivity contribution in [3.63, 3.8) is 0 Å². The van der Waals surface area contributed by atoms with Crippen molar-refractivity contribution in [3.05, 3.63) is 95.7 Å². The number of aromatic nitrogens is 1. The van der Waals surface area contributed by atoms with Gasteiger partial charge in [0, 0.05) is 16.8 Å². The van der Waals surface area contributed by atoms with Crippen molar-refractivity contribution in [3.8, 4) is 11.5 Å². The van der Waals surface area contributed by atoms with Crippen LogP contribution in [0, 0.1) is 0 Å². The summed E-state index contributed by atoms with van der Waals surface area (Å²) in [5.74, 6) is 0.451. The van der Waals surface area contributed by atoms with Crippen LogP contribution >= 0.6 is 0 Å². The van der Waals surface area contributed by atoms with Gasteiger partial charge in [-0.2, -0.15) is 0 Å². The molecule has 6 heteroatoms. The van der Waals surface area contributed by atoms with E-state index in [2.05, 4.69) is 12.2 Å². The van der Waals surface area contributed by atoms with Crippen molar-refractivity contribution in [1.82, 2.24) is 4.98 Å². The van der Waals surface area contributed by atoms with Gasteiger partial charge >= 0.3 is 5.97 Å². The fourth-order valence-electron chi connectivity index (χ4n) is 4.11. The lowest BCUT2D eigenvalue weighted by Gasteiger charge is -2.18. The molecule has 1 heterocycles. The second kappa shape index (κ2) is 11.5. The van der Waals surface area contributed by atoms with E-state index in [-0.39, 0.29) is 0 Å². The maximum atomic E-state index is 13.3. The van der Waals surface area contributed by atoms with Gasteiger partial charge in [0.1, 0.15) is 11.5 Å². The number of amides is 1. The fraction of sp³-hybridized carbons (Fsp3) is 0.233. The van der Waals surface area contributed by atoms with Gasteiger partial charge in [0.2, 0.25) is 0 Å². The van der Waals surface area contributed by atoms with E-state index in [9.17, 15) is 9.59 Å². The van der Waals surface area contributed by atoms with Crippen LogP contribution in [0.2, 0.25) is 0 Å². The molecule has 1 aromatic heterocycles.